The number of hydrogen-bond donors (Lipinski definition) is 0. The van der Waals surface area contributed by atoms with Gasteiger partial charge in [0.15, 0.2) is 0 Å². The number of allylic oxidation sites excluding steroid dienone is 4. The summed E-state index contributed by atoms with van der Waals surface area (Å²) in [6.07, 6.45) is 6.37. The smallest absolute Gasteiger partial charge is 0.0958 e. The molecule has 1 nitrogen and oxygen atoms in total. The standard InChI is InChI=1S/C8H12O/c1-7-3-5-8(9-2)6-4-7/h3,5H,4,6H2,1-2H3. The predicted molar refractivity (Wildman–Crippen MR) is 38.1 cm³/mol. The maximum atomic E-state index is 5.06. The lowest BCUT2D eigenvalue weighted by Crippen LogP contribution is -1.92. The van der Waals surface area contributed by atoms with Gasteiger partial charge in [0.1, 0.15) is 0 Å². The quantitative estimate of drug-likeness (QED) is 0.521. The first-order chi connectivity index (χ1) is 4.33. The molecule has 0 spiro atoms. The molecule has 50 valence electrons. The van der Waals surface area contributed by atoms with E-state index < -0.39 is 0 Å². The lowest BCUT2D eigenvalue weighted by atomic mass is 10.1. The van der Waals surface area contributed by atoms with Crippen LogP contribution in [0.5, 0.6) is 0 Å². The summed E-state index contributed by atoms with van der Waals surface area (Å²) in [4.78, 5) is 0. The molecule has 9 heavy (non-hydrogen) atoms. The molecular weight excluding hydrogens is 112 g/mol. The molecule has 0 saturated heterocycles. The Kier molecular flexibility index (Phi) is 1.93. The summed E-state index contributed by atoms with van der Waals surface area (Å²) in [5, 5.41) is 0. The maximum absolute atomic E-state index is 5.06. The molecule has 0 unspecified atom stereocenters. The van der Waals surface area contributed by atoms with E-state index in [9.17, 15) is 0 Å². The van der Waals surface area contributed by atoms with Gasteiger partial charge in [-0.05, 0) is 19.4 Å². The lowest BCUT2D eigenvalue weighted by molar-refractivity contribution is 0.275. The zero-order valence-corrected chi connectivity index (χ0v) is 5.98. The molecule has 0 aromatic carbocycles. The van der Waals surface area contributed by atoms with Gasteiger partial charge in [-0.25, -0.2) is 0 Å². The third-order valence-corrected chi connectivity index (χ3v) is 1.58. The van der Waals surface area contributed by atoms with Gasteiger partial charge in [0.2, 0.25) is 0 Å². The first-order valence-corrected chi connectivity index (χ1v) is 3.23. The second kappa shape index (κ2) is 2.72. The minimum atomic E-state index is 1.07. The average molecular weight is 124 g/mol. The van der Waals surface area contributed by atoms with Crippen LogP contribution in [0.1, 0.15) is 19.8 Å². The summed E-state index contributed by atoms with van der Waals surface area (Å²) < 4.78 is 5.06. The molecule has 0 N–H and O–H groups in total. The monoisotopic (exact) mass is 124 g/mol. The van der Waals surface area contributed by atoms with Gasteiger partial charge in [0.05, 0.1) is 12.9 Å². The van der Waals surface area contributed by atoms with Gasteiger partial charge < -0.3 is 4.74 Å². The first kappa shape index (κ1) is 6.40. The maximum Gasteiger partial charge on any atom is 0.0958 e. The molecule has 0 aromatic rings. The van der Waals surface area contributed by atoms with Crippen molar-refractivity contribution in [1.29, 1.82) is 0 Å². The van der Waals surface area contributed by atoms with Crippen molar-refractivity contribution in [2.24, 2.45) is 0 Å². The van der Waals surface area contributed by atoms with Crippen LogP contribution in [0.2, 0.25) is 0 Å². The number of methoxy groups -OCH3 is 1. The predicted octanol–water partition coefficient (Wildman–Crippen LogP) is 2.26. The van der Waals surface area contributed by atoms with E-state index in [1.165, 1.54) is 5.57 Å². The topological polar surface area (TPSA) is 9.23 Å². The van der Waals surface area contributed by atoms with Gasteiger partial charge in [-0.15, -0.1) is 0 Å². The van der Waals surface area contributed by atoms with Crippen LogP contribution < -0.4 is 0 Å². The molecule has 0 bridgehead atoms. The van der Waals surface area contributed by atoms with Crippen molar-refractivity contribution in [1.82, 2.24) is 0 Å². The van der Waals surface area contributed by atoms with Crippen LogP contribution in [0.25, 0.3) is 0 Å². The second-order valence-corrected chi connectivity index (χ2v) is 2.35. The molecule has 0 amide bonds. The Labute approximate surface area is 56.0 Å². The Balaban J connectivity index is 2.59. The number of hydrogen-bond acceptors (Lipinski definition) is 1. The summed E-state index contributed by atoms with van der Waals surface area (Å²) in [6.45, 7) is 2.14. The molecule has 0 heterocycles. The number of ether oxygens (including phenoxy) is 1. The summed E-state index contributed by atoms with van der Waals surface area (Å²) in [5.41, 5.74) is 1.44. The summed E-state index contributed by atoms with van der Waals surface area (Å²) in [6, 6.07) is 0. The fourth-order valence-corrected chi connectivity index (χ4v) is 0.892. The van der Waals surface area contributed by atoms with E-state index in [4.69, 9.17) is 4.74 Å². The van der Waals surface area contributed by atoms with E-state index in [0.717, 1.165) is 18.6 Å². The summed E-state index contributed by atoms with van der Waals surface area (Å²) >= 11 is 0. The van der Waals surface area contributed by atoms with E-state index in [1.54, 1.807) is 7.11 Å². The molecule has 0 aromatic heterocycles. The van der Waals surface area contributed by atoms with Crippen molar-refractivity contribution in [3.05, 3.63) is 23.5 Å². The van der Waals surface area contributed by atoms with Crippen molar-refractivity contribution in [2.75, 3.05) is 7.11 Å². The van der Waals surface area contributed by atoms with Crippen LogP contribution in [0.15, 0.2) is 23.5 Å². The molecule has 1 aliphatic carbocycles. The van der Waals surface area contributed by atoms with Crippen molar-refractivity contribution < 1.29 is 4.74 Å². The Bertz CT molecular complexity index is 154. The Morgan fingerprint density at radius 3 is 2.56 bits per heavy atom. The largest absolute Gasteiger partial charge is 0.501 e. The fourth-order valence-electron chi connectivity index (χ4n) is 0.892. The molecule has 0 saturated carbocycles. The van der Waals surface area contributed by atoms with E-state index in [0.29, 0.717) is 0 Å². The fraction of sp³-hybridized carbons (Fsp3) is 0.500. The molecule has 0 aliphatic heterocycles. The molecule has 1 heteroatoms. The zero-order valence-electron chi connectivity index (χ0n) is 5.98. The van der Waals surface area contributed by atoms with Crippen LogP contribution in [0.4, 0.5) is 0 Å². The lowest BCUT2D eigenvalue weighted by Gasteiger charge is -2.09. The van der Waals surface area contributed by atoms with E-state index in [-0.39, 0.29) is 0 Å². The highest BCUT2D eigenvalue weighted by Crippen LogP contribution is 2.17. The molecule has 0 atom stereocenters. The van der Waals surface area contributed by atoms with Gasteiger partial charge >= 0.3 is 0 Å². The second-order valence-electron chi connectivity index (χ2n) is 2.35. The number of rotatable bonds is 1. The average Bonchev–Trinajstić information content (AvgIpc) is 1.90. The minimum Gasteiger partial charge on any atom is -0.501 e. The van der Waals surface area contributed by atoms with E-state index >= 15 is 0 Å². The van der Waals surface area contributed by atoms with Crippen molar-refractivity contribution in [3.63, 3.8) is 0 Å². The van der Waals surface area contributed by atoms with E-state index in [1.807, 2.05) is 6.08 Å². The molecule has 1 rings (SSSR count). The molecule has 1 aliphatic rings. The molecule has 0 radical (unpaired) electrons. The van der Waals surface area contributed by atoms with Gasteiger partial charge in [0, 0.05) is 6.42 Å². The molecular formula is C8H12O. The highest BCUT2D eigenvalue weighted by atomic mass is 16.5. The third kappa shape index (κ3) is 1.60. The van der Waals surface area contributed by atoms with Gasteiger partial charge in [-0.2, -0.15) is 0 Å². The van der Waals surface area contributed by atoms with Crippen LogP contribution in [0, 0.1) is 0 Å². The summed E-state index contributed by atoms with van der Waals surface area (Å²) in [5.74, 6) is 1.10. The SMILES string of the molecule is COC1=CC=C(C)CC1. The van der Waals surface area contributed by atoms with Gasteiger partial charge in [-0.1, -0.05) is 11.6 Å². The zero-order chi connectivity index (χ0) is 6.69. The van der Waals surface area contributed by atoms with Gasteiger partial charge in [-0.3, -0.25) is 0 Å². The van der Waals surface area contributed by atoms with Crippen molar-refractivity contribution in [3.8, 4) is 0 Å². The Morgan fingerprint density at radius 1 is 1.33 bits per heavy atom. The normalized spacial score (nSPS) is 18.4. The third-order valence-electron chi connectivity index (χ3n) is 1.58. The summed E-state index contributed by atoms with van der Waals surface area (Å²) in [7, 11) is 1.72. The Morgan fingerprint density at radius 2 is 2.11 bits per heavy atom. The van der Waals surface area contributed by atoms with Crippen molar-refractivity contribution in [2.45, 2.75) is 19.8 Å². The highest BCUT2D eigenvalue weighted by molar-refractivity contribution is 5.19. The minimum absolute atomic E-state index is 1.07. The van der Waals surface area contributed by atoms with Crippen molar-refractivity contribution >= 4 is 0 Å². The first-order valence-electron chi connectivity index (χ1n) is 3.23. The highest BCUT2D eigenvalue weighted by Gasteiger charge is 2.00. The molecule has 0 fully saturated rings. The van der Waals surface area contributed by atoms with Crippen LogP contribution in [-0.2, 0) is 4.74 Å². The van der Waals surface area contributed by atoms with Gasteiger partial charge in [0.25, 0.3) is 0 Å². The van der Waals surface area contributed by atoms with Crippen LogP contribution in [-0.4, -0.2) is 7.11 Å². The Hall–Kier alpha value is -0.720. The van der Waals surface area contributed by atoms with E-state index in [2.05, 4.69) is 13.0 Å². The van der Waals surface area contributed by atoms with Crippen LogP contribution in [0.3, 0.4) is 0 Å². The van der Waals surface area contributed by atoms with Crippen LogP contribution >= 0.6 is 0 Å².